The monoisotopic (exact) mass is 419 g/mol. The van der Waals surface area contributed by atoms with E-state index in [2.05, 4.69) is 5.32 Å². The van der Waals surface area contributed by atoms with Crippen LogP contribution in [0, 0.1) is 0 Å². The van der Waals surface area contributed by atoms with Crippen molar-refractivity contribution < 1.29 is 28.6 Å². The molecule has 158 valence electrons. The van der Waals surface area contributed by atoms with E-state index in [1.165, 1.54) is 7.11 Å². The molecule has 0 aliphatic rings. The fourth-order valence-corrected chi connectivity index (χ4v) is 2.68. The van der Waals surface area contributed by atoms with Crippen LogP contribution in [0.5, 0.6) is 11.5 Å². The Morgan fingerprint density at radius 3 is 2.06 bits per heavy atom. The Kier molecular flexibility index (Phi) is 7.37. The average molecular weight is 419 g/mol. The molecule has 7 heteroatoms. The van der Waals surface area contributed by atoms with Crippen LogP contribution in [0.1, 0.15) is 20.7 Å². The van der Waals surface area contributed by atoms with Crippen LogP contribution in [0.4, 0.5) is 5.69 Å². The third kappa shape index (κ3) is 6.17. The molecule has 0 aliphatic heterocycles. The molecule has 0 aromatic heterocycles. The van der Waals surface area contributed by atoms with E-state index in [9.17, 15) is 14.4 Å². The lowest BCUT2D eigenvalue weighted by Gasteiger charge is -2.10. The standard InChI is InChI=1S/C24H21NO6/c1-29-21-9-5-6-10-22(21)30-16-23(27)31-15-20(26)17-11-13-19(14-12-17)25-24(28)18-7-3-2-4-8-18/h2-14H,15-16H2,1H3,(H,25,28). The number of para-hydroxylation sites is 2. The number of ketones is 1. The van der Waals surface area contributed by atoms with Crippen molar-refractivity contribution in [2.75, 3.05) is 25.6 Å². The Labute approximate surface area is 179 Å². The van der Waals surface area contributed by atoms with Gasteiger partial charge in [-0.3, -0.25) is 9.59 Å². The summed E-state index contributed by atoms with van der Waals surface area (Å²) in [4.78, 5) is 36.3. The summed E-state index contributed by atoms with van der Waals surface area (Å²) in [5.74, 6) is -0.395. The fourth-order valence-electron chi connectivity index (χ4n) is 2.68. The minimum Gasteiger partial charge on any atom is -0.493 e. The van der Waals surface area contributed by atoms with Gasteiger partial charge in [-0.15, -0.1) is 0 Å². The first-order chi connectivity index (χ1) is 15.1. The van der Waals surface area contributed by atoms with Crippen LogP contribution >= 0.6 is 0 Å². The van der Waals surface area contributed by atoms with Gasteiger partial charge in [0.05, 0.1) is 7.11 Å². The van der Waals surface area contributed by atoms with Crippen molar-refractivity contribution in [1.82, 2.24) is 0 Å². The fraction of sp³-hybridized carbons (Fsp3) is 0.125. The molecule has 3 rings (SSSR count). The van der Waals surface area contributed by atoms with Crippen molar-refractivity contribution >= 4 is 23.3 Å². The molecule has 0 radical (unpaired) electrons. The normalized spacial score (nSPS) is 10.1. The van der Waals surface area contributed by atoms with Gasteiger partial charge in [-0.2, -0.15) is 0 Å². The van der Waals surface area contributed by atoms with Gasteiger partial charge in [0.1, 0.15) is 0 Å². The Morgan fingerprint density at radius 1 is 0.742 bits per heavy atom. The minimum absolute atomic E-state index is 0.247. The van der Waals surface area contributed by atoms with Crippen molar-refractivity contribution in [3.8, 4) is 11.5 Å². The molecule has 0 fully saturated rings. The summed E-state index contributed by atoms with van der Waals surface area (Å²) in [6.45, 7) is -0.762. The highest BCUT2D eigenvalue weighted by molar-refractivity contribution is 6.04. The number of anilines is 1. The maximum Gasteiger partial charge on any atom is 0.344 e. The van der Waals surface area contributed by atoms with E-state index < -0.39 is 12.6 Å². The highest BCUT2D eigenvalue weighted by Crippen LogP contribution is 2.25. The summed E-state index contributed by atoms with van der Waals surface area (Å²) in [6, 6.07) is 22.0. The maximum atomic E-state index is 12.3. The number of methoxy groups -OCH3 is 1. The first-order valence-electron chi connectivity index (χ1n) is 9.48. The quantitative estimate of drug-likeness (QED) is 0.420. The van der Waals surface area contributed by atoms with Crippen molar-refractivity contribution in [3.63, 3.8) is 0 Å². The SMILES string of the molecule is COc1ccccc1OCC(=O)OCC(=O)c1ccc(NC(=O)c2ccccc2)cc1. The molecule has 0 saturated heterocycles. The van der Waals surface area contributed by atoms with Crippen LogP contribution in [-0.2, 0) is 9.53 Å². The van der Waals surface area contributed by atoms with Gasteiger partial charge in [-0.1, -0.05) is 30.3 Å². The summed E-state index contributed by atoms with van der Waals surface area (Å²) < 4.78 is 15.5. The molecule has 0 bridgehead atoms. The molecule has 1 amide bonds. The third-order valence-electron chi connectivity index (χ3n) is 4.28. The molecule has 0 heterocycles. The molecule has 3 aromatic carbocycles. The largest absolute Gasteiger partial charge is 0.493 e. The smallest absolute Gasteiger partial charge is 0.344 e. The molecule has 3 aromatic rings. The van der Waals surface area contributed by atoms with E-state index in [-0.39, 0.29) is 18.3 Å². The van der Waals surface area contributed by atoms with Gasteiger partial charge in [0.2, 0.25) is 0 Å². The Bertz CT molecular complexity index is 1050. The number of carbonyl (C=O) groups excluding carboxylic acids is 3. The van der Waals surface area contributed by atoms with Crippen molar-refractivity contribution in [2.24, 2.45) is 0 Å². The molecular weight excluding hydrogens is 398 g/mol. The van der Waals surface area contributed by atoms with Crippen molar-refractivity contribution in [2.45, 2.75) is 0 Å². The third-order valence-corrected chi connectivity index (χ3v) is 4.28. The number of nitrogens with one attached hydrogen (secondary N) is 1. The summed E-state index contributed by atoms with van der Waals surface area (Å²) in [6.07, 6.45) is 0. The van der Waals surface area contributed by atoms with Crippen LogP contribution in [-0.4, -0.2) is 38.0 Å². The van der Waals surface area contributed by atoms with E-state index in [0.29, 0.717) is 28.3 Å². The summed E-state index contributed by atoms with van der Waals surface area (Å²) in [5.41, 5.74) is 1.44. The Hall–Kier alpha value is -4.13. The van der Waals surface area contributed by atoms with Gasteiger partial charge in [-0.05, 0) is 48.5 Å². The lowest BCUT2D eigenvalue weighted by Crippen LogP contribution is -2.19. The Balaban J connectivity index is 1.47. The molecule has 1 N–H and O–H groups in total. The summed E-state index contributed by atoms with van der Waals surface area (Å²) in [7, 11) is 1.50. The first-order valence-corrected chi connectivity index (χ1v) is 9.48. The predicted molar refractivity (Wildman–Crippen MR) is 115 cm³/mol. The lowest BCUT2D eigenvalue weighted by atomic mass is 10.1. The highest BCUT2D eigenvalue weighted by atomic mass is 16.6. The highest BCUT2D eigenvalue weighted by Gasteiger charge is 2.12. The number of hydrogen-bond acceptors (Lipinski definition) is 6. The summed E-state index contributed by atoms with van der Waals surface area (Å²) >= 11 is 0. The number of esters is 1. The van der Waals surface area contributed by atoms with Crippen molar-refractivity contribution in [1.29, 1.82) is 0 Å². The molecule has 0 saturated carbocycles. The van der Waals surface area contributed by atoms with E-state index in [0.717, 1.165) is 0 Å². The number of Topliss-reactive ketones (excluding diaryl/α,β-unsaturated/α-hetero) is 1. The van der Waals surface area contributed by atoms with Crippen LogP contribution in [0.25, 0.3) is 0 Å². The first kappa shape index (κ1) is 21.6. The molecular formula is C24H21NO6. The number of amides is 1. The van der Waals surface area contributed by atoms with Crippen LogP contribution in [0.3, 0.4) is 0 Å². The predicted octanol–water partition coefficient (Wildman–Crippen LogP) is 3.75. The van der Waals surface area contributed by atoms with Gasteiger partial charge in [0.15, 0.2) is 30.5 Å². The van der Waals surface area contributed by atoms with Gasteiger partial charge >= 0.3 is 5.97 Å². The lowest BCUT2D eigenvalue weighted by molar-refractivity contribution is -0.144. The molecule has 0 aliphatic carbocycles. The topological polar surface area (TPSA) is 90.9 Å². The minimum atomic E-state index is -0.675. The summed E-state index contributed by atoms with van der Waals surface area (Å²) in [5, 5.41) is 2.75. The van der Waals surface area contributed by atoms with Crippen LogP contribution in [0.2, 0.25) is 0 Å². The van der Waals surface area contributed by atoms with Gasteiger partial charge in [0.25, 0.3) is 5.91 Å². The molecule has 0 unspecified atom stereocenters. The average Bonchev–Trinajstić information content (AvgIpc) is 2.82. The van der Waals surface area contributed by atoms with Crippen LogP contribution < -0.4 is 14.8 Å². The second-order valence-electron chi connectivity index (χ2n) is 6.42. The van der Waals surface area contributed by atoms with E-state index in [1.54, 1.807) is 72.8 Å². The number of ether oxygens (including phenoxy) is 3. The van der Waals surface area contributed by atoms with E-state index in [4.69, 9.17) is 14.2 Å². The van der Waals surface area contributed by atoms with E-state index >= 15 is 0 Å². The number of carbonyl (C=O) groups is 3. The number of hydrogen-bond donors (Lipinski definition) is 1. The second kappa shape index (κ2) is 10.6. The van der Waals surface area contributed by atoms with Gasteiger partial charge in [0, 0.05) is 16.8 Å². The molecule has 0 spiro atoms. The zero-order chi connectivity index (χ0) is 22.1. The molecule has 31 heavy (non-hydrogen) atoms. The van der Waals surface area contributed by atoms with Gasteiger partial charge in [-0.25, -0.2) is 4.79 Å². The molecule has 0 atom stereocenters. The number of rotatable bonds is 9. The van der Waals surface area contributed by atoms with Gasteiger partial charge < -0.3 is 19.5 Å². The van der Waals surface area contributed by atoms with Crippen LogP contribution in [0.15, 0.2) is 78.9 Å². The molecule has 7 nitrogen and oxygen atoms in total. The second-order valence-corrected chi connectivity index (χ2v) is 6.42. The van der Waals surface area contributed by atoms with E-state index in [1.807, 2.05) is 6.07 Å². The van der Waals surface area contributed by atoms with Crippen molar-refractivity contribution in [3.05, 3.63) is 90.0 Å². The maximum absolute atomic E-state index is 12.3. The zero-order valence-corrected chi connectivity index (χ0v) is 16.9. The zero-order valence-electron chi connectivity index (χ0n) is 16.9. The Morgan fingerprint density at radius 2 is 1.39 bits per heavy atom. The number of benzene rings is 3.